The molecule has 4 aromatic rings. The highest BCUT2D eigenvalue weighted by molar-refractivity contribution is 6.31. The lowest BCUT2D eigenvalue weighted by Gasteiger charge is -2.30. The Kier molecular flexibility index (Phi) is 3.60. The molecular formula is C20H16ClN5. The van der Waals surface area contributed by atoms with E-state index in [-0.39, 0.29) is 0 Å². The van der Waals surface area contributed by atoms with Crippen LogP contribution in [-0.4, -0.2) is 26.3 Å². The number of hydrogen-bond donors (Lipinski definition) is 0. The zero-order chi connectivity index (χ0) is 17.5. The summed E-state index contributed by atoms with van der Waals surface area (Å²) in [6.07, 6.45) is 1.85. The second kappa shape index (κ2) is 6.11. The number of pyridine rings is 1. The van der Waals surface area contributed by atoms with Crippen molar-refractivity contribution in [3.05, 3.63) is 71.6 Å². The van der Waals surface area contributed by atoms with Crippen LogP contribution < -0.4 is 4.90 Å². The summed E-state index contributed by atoms with van der Waals surface area (Å²) in [5.74, 6) is 1.91. The predicted molar refractivity (Wildman–Crippen MR) is 103 cm³/mol. The molecule has 0 saturated heterocycles. The number of hydrogen-bond acceptors (Lipinski definition) is 4. The fourth-order valence-corrected chi connectivity index (χ4v) is 3.72. The smallest absolute Gasteiger partial charge is 0.164 e. The molecule has 6 heteroatoms. The maximum absolute atomic E-state index is 6.21. The first-order valence-corrected chi connectivity index (χ1v) is 8.94. The molecule has 1 aliphatic heterocycles. The van der Waals surface area contributed by atoms with Gasteiger partial charge < -0.3 is 9.47 Å². The van der Waals surface area contributed by atoms with Crippen molar-refractivity contribution in [2.24, 2.45) is 0 Å². The van der Waals surface area contributed by atoms with Crippen LogP contribution in [0.25, 0.3) is 22.3 Å². The predicted octanol–water partition coefficient (Wildman–Crippen LogP) is 4.17. The van der Waals surface area contributed by atoms with Crippen molar-refractivity contribution in [1.29, 1.82) is 0 Å². The zero-order valence-corrected chi connectivity index (χ0v) is 14.8. The molecule has 5 rings (SSSR count). The van der Waals surface area contributed by atoms with E-state index in [1.165, 1.54) is 0 Å². The Bertz CT molecular complexity index is 1090. The molecule has 1 aliphatic rings. The number of benzene rings is 2. The maximum Gasteiger partial charge on any atom is 0.164 e. The van der Waals surface area contributed by atoms with E-state index in [9.17, 15) is 0 Å². The van der Waals surface area contributed by atoms with Crippen LogP contribution in [0.1, 0.15) is 5.82 Å². The summed E-state index contributed by atoms with van der Waals surface area (Å²) < 4.78 is 2.21. The minimum absolute atomic E-state index is 0.714. The van der Waals surface area contributed by atoms with Gasteiger partial charge in [0.2, 0.25) is 0 Å². The van der Waals surface area contributed by atoms with Crippen molar-refractivity contribution in [2.45, 2.75) is 13.1 Å². The quantitative estimate of drug-likeness (QED) is 0.537. The minimum atomic E-state index is 0.714. The van der Waals surface area contributed by atoms with E-state index in [4.69, 9.17) is 11.6 Å². The van der Waals surface area contributed by atoms with Crippen LogP contribution in [0, 0.1) is 0 Å². The average Bonchev–Trinajstić information content (AvgIpc) is 3.11. The molecule has 3 heterocycles. The summed E-state index contributed by atoms with van der Waals surface area (Å²) >= 11 is 6.21. The summed E-state index contributed by atoms with van der Waals surface area (Å²) in [7, 11) is 0. The first-order chi connectivity index (χ1) is 12.8. The van der Waals surface area contributed by atoms with Crippen LogP contribution in [0.2, 0.25) is 5.02 Å². The molecule has 2 aromatic heterocycles. The highest BCUT2D eigenvalue weighted by Crippen LogP contribution is 2.31. The van der Waals surface area contributed by atoms with Crippen molar-refractivity contribution >= 4 is 28.2 Å². The summed E-state index contributed by atoms with van der Waals surface area (Å²) in [5, 5.41) is 10.6. The van der Waals surface area contributed by atoms with Crippen molar-refractivity contribution in [1.82, 2.24) is 19.7 Å². The standard InChI is InChI=1S/C20H16ClN5/c21-15-6-7-17-16(12-15)18(8-9-22-17)25-10-11-26-19(13-25)23-24-20(26)14-4-2-1-3-5-14/h1-9,12H,10-11,13H2. The largest absolute Gasteiger partial charge is 0.362 e. The maximum atomic E-state index is 6.21. The van der Waals surface area contributed by atoms with Gasteiger partial charge in [0.25, 0.3) is 0 Å². The lowest BCUT2D eigenvalue weighted by molar-refractivity contribution is 0.565. The van der Waals surface area contributed by atoms with Crippen LogP contribution in [-0.2, 0) is 13.1 Å². The van der Waals surface area contributed by atoms with E-state index >= 15 is 0 Å². The Balaban J connectivity index is 1.53. The number of halogens is 1. The van der Waals surface area contributed by atoms with Crippen LogP contribution in [0.15, 0.2) is 60.8 Å². The molecule has 0 radical (unpaired) electrons. The van der Waals surface area contributed by atoms with E-state index in [2.05, 4.69) is 36.8 Å². The Morgan fingerprint density at radius 2 is 1.81 bits per heavy atom. The van der Waals surface area contributed by atoms with E-state index < -0.39 is 0 Å². The van der Waals surface area contributed by atoms with E-state index in [1.54, 1.807) is 0 Å². The first-order valence-electron chi connectivity index (χ1n) is 8.56. The molecule has 0 unspecified atom stereocenters. The van der Waals surface area contributed by atoms with Crippen LogP contribution in [0.4, 0.5) is 5.69 Å². The van der Waals surface area contributed by atoms with Crippen molar-refractivity contribution in [3.63, 3.8) is 0 Å². The summed E-state index contributed by atoms with van der Waals surface area (Å²) in [6.45, 7) is 2.44. The zero-order valence-electron chi connectivity index (χ0n) is 14.0. The Hall–Kier alpha value is -2.92. The molecule has 26 heavy (non-hydrogen) atoms. The Labute approximate surface area is 155 Å². The van der Waals surface area contributed by atoms with Gasteiger partial charge in [0, 0.05) is 40.9 Å². The number of rotatable bonds is 2. The molecule has 0 atom stereocenters. The normalized spacial score (nSPS) is 13.8. The topological polar surface area (TPSA) is 46.8 Å². The van der Waals surface area contributed by atoms with Crippen molar-refractivity contribution < 1.29 is 0 Å². The molecule has 2 aromatic carbocycles. The highest BCUT2D eigenvalue weighted by Gasteiger charge is 2.23. The van der Waals surface area contributed by atoms with Gasteiger partial charge in [0.15, 0.2) is 11.6 Å². The molecule has 0 bridgehead atoms. The summed E-state index contributed by atoms with van der Waals surface area (Å²) in [4.78, 5) is 6.77. The van der Waals surface area contributed by atoms with Crippen molar-refractivity contribution in [3.8, 4) is 11.4 Å². The number of fused-ring (bicyclic) bond motifs is 2. The molecule has 0 fully saturated rings. The molecule has 0 amide bonds. The van der Waals surface area contributed by atoms with Gasteiger partial charge in [-0.25, -0.2) is 0 Å². The number of anilines is 1. The van der Waals surface area contributed by atoms with Gasteiger partial charge in [0.1, 0.15) is 0 Å². The average molecular weight is 362 g/mol. The molecule has 0 spiro atoms. The van der Waals surface area contributed by atoms with Gasteiger partial charge in [0.05, 0.1) is 12.1 Å². The van der Waals surface area contributed by atoms with Crippen molar-refractivity contribution in [2.75, 3.05) is 11.4 Å². The Morgan fingerprint density at radius 3 is 2.69 bits per heavy atom. The molecule has 5 nitrogen and oxygen atoms in total. The van der Waals surface area contributed by atoms with Gasteiger partial charge in [-0.3, -0.25) is 4.98 Å². The van der Waals surface area contributed by atoms with Gasteiger partial charge in [-0.2, -0.15) is 0 Å². The number of nitrogens with zero attached hydrogens (tertiary/aromatic N) is 5. The Morgan fingerprint density at radius 1 is 0.923 bits per heavy atom. The van der Waals surface area contributed by atoms with Gasteiger partial charge in [-0.15, -0.1) is 10.2 Å². The fourth-order valence-electron chi connectivity index (χ4n) is 3.54. The second-order valence-electron chi connectivity index (χ2n) is 6.37. The minimum Gasteiger partial charge on any atom is -0.362 e. The number of aromatic nitrogens is 4. The second-order valence-corrected chi connectivity index (χ2v) is 6.81. The molecule has 128 valence electrons. The van der Waals surface area contributed by atoms with Gasteiger partial charge in [-0.05, 0) is 24.3 Å². The van der Waals surface area contributed by atoms with Crippen LogP contribution >= 0.6 is 11.6 Å². The third-order valence-corrected chi connectivity index (χ3v) is 5.04. The highest BCUT2D eigenvalue weighted by atomic mass is 35.5. The van der Waals surface area contributed by atoms with Gasteiger partial charge in [-0.1, -0.05) is 41.9 Å². The summed E-state index contributed by atoms with van der Waals surface area (Å²) in [5.41, 5.74) is 3.18. The molecular weight excluding hydrogens is 346 g/mol. The molecule has 0 saturated carbocycles. The van der Waals surface area contributed by atoms with E-state index in [1.807, 2.05) is 48.7 Å². The van der Waals surface area contributed by atoms with Crippen LogP contribution in [0.3, 0.4) is 0 Å². The molecule has 0 N–H and O–H groups in total. The monoisotopic (exact) mass is 361 g/mol. The van der Waals surface area contributed by atoms with Gasteiger partial charge >= 0.3 is 0 Å². The van der Waals surface area contributed by atoms with Crippen LogP contribution in [0.5, 0.6) is 0 Å². The first kappa shape index (κ1) is 15.3. The summed E-state index contributed by atoms with van der Waals surface area (Å²) in [6, 6.07) is 18.1. The third-order valence-electron chi connectivity index (χ3n) is 4.81. The molecule has 0 aliphatic carbocycles. The fraction of sp³-hybridized carbons (Fsp3) is 0.150. The van der Waals surface area contributed by atoms with E-state index in [0.29, 0.717) is 6.54 Å². The SMILES string of the molecule is Clc1ccc2nccc(N3CCn4c(nnc4-c4ccccc4)C3)c2c1. The lowest BCUT2D eigenvalue weighted by Crippen LogP contribution is -2.34. The van der Waals surface area contributed by atoms with E-state index in [0.717, 1.165) is 51.9 Å². The third kappa shape index (κ3) is 2.52. The lowest BCUT2D eigenvalue weighted by atomic mass is 10.1.